The molecule has 3 aromatic carbocycles. The molecule has 9 heteroatoms. The molecule has 3 aromatic rings. The van der Waals surface area contributed by atoms with E-state index in [-0.39, 0.29) is 10.9 Å². The molecule has 0 unspecified atom stereocenters. The van der Waals surface area contributed by atoms with Crippen LogP contribution in [0.4, 0.5) is 16.9 Å². The van der Waals surface area contributed by atoms with E-state index in [1.807, 2.05) is 0 Å². The van der Waals surface area contributed by atoms with Crippen molar-refractivity contribution in [1.29, 1.82) is 0 Å². The first-order valence-electron chi connectivity index (χ1n) is 8.71. The van der Waals surface area contributed by atoms with Gasteiger partial charge < -0.3 is 4.74 Å². The van der Waals surface area contributed by atoms with E-state index in [9.17, 15) is 16.9 Å². The van der Waals surface area contributed by atoms with Crippen molar-refractivity contribution in [3.8, 4) is 5.75 Å². The Labute approximate surface area is 176 Å². The van der Waals surface area contributed by atoms with Gasteiger partial charge in [0.05, 0.1) is 18.0 Å². The van der Waals surface area contributed by atoms with E-state index in [4.69, 9.17) is 4.74 Å². The van der Waals surface area contributed by atoms with Crippen LogP contribution in [-0.2, 0) is 10.9 Å². The van der Waals surface area contributed by atoms with Gasteiger partial charge in [-0.1, -0.05) is 36.4 Å². The standard InChI is InChI=1S/C21H21OS.6FH.Sb/c1-16-14-20(15-17(2)21(16)22-3)23(18-10-6-4-7-11-18)19-12-8-5-9-13-19;;;;;;;/h4-15H,1-3H3;6*1H;/q+1;;;;;;;+5/p-6. The van der Waals surface area contributed by atoms with E-state index < -0.39 is 19.5 Å². The fourth-order valence-corrected chi connectivity index (χ4v) is 5.14. The van der Waals surface area contributed by atoms with Crippen molar-refractivity contribution in [3.63, 3.8) is 0 Å². The predicted octanol–water partition coefficient (Wildman–Crippen LogP) is 7.55. The summed E-state index contributed by atoms with van der Waals surface area (Å²) in [6.07, 6.45) is 0. The number of rotatable bonds is 4. The molecule has 0 saturated heterocycles. The molecule has 0 aliphatic carbocycles. The number of hydrogen-bond acceptors (Lipinski definition) is 1. The van der Waals surface area contributed by atoms with Crippen molar-refractivity contribution in [3.05, 3.63) is 83.9 Å². The Morgan fingerprint density at radius 1 is 0.633 bits per heavy atom. The summed E-state index contributed by atoms with van der Waals surface area (Å²) >= 11 is -11.2. The van der Waals surface area contributed by atoms with Crippen LogP contribution in [0.25, 0.3) is 0 Å². The molecule has 0 amide bonds. The molecule has 0 radical (unpaired) electrons. The molecule has 0 aromatic heterocycles. The zero-order valence-electron chi connectivity index (χ0n) is 16.5. The summed E-state index contributed by atoms with van der Waals surface area (Å²) in [5.74, 6) is 0.985. The molecule has 1 nitrogen and oxygen atoms in total. The van der Waals surface area contributed by atoms with Crippen molar-refractivity contribution >= 4 is 30.4 Å². The molecule has 0 aliphatic heterocycles. The molecule has 0 saturated carbocycles. The van der Waals surface area contributed by atoms with Crippen LogP contribution >= 0.6 is 0 Å². The normalized spacial score (nSPS) is 13.7. The SMILES string of the molecule is COc1c(C)cc([S+](c2ccccc2)c2ccccc2)cc1C.[F][Sb-]([F])([F])([F])([F])[F]. The molecule has 0 N–H and O–H groups in total. The van der Waals surface area contributed by atoms with E-state index in [0.29, 0.717) is 0 Å². The number of ether oxygens (including phenoxy) is 1. The molecule has 164 valence electrons. The Bertz CT molecular complexity index is 919. The van der Waals surface area contributed by atoms with E-state index in [0.717, 1.165) is 5.75 Å². The van der Waals surface area contributed by atoms with Gasteiger partial charge in [-0.25, -0.2) is 0 Å². The Kier molecular flexibility index (Phi) is 6.84. The topological polar surface area (TPSA) is 9.23 Å². The Morgan fingerprint density at radius 2 is 0.967 bits per heavy atom. The summed E-state index contributed by atoms with van der Waals surface area (Å²) < 4.78 is 65.1. The average molecular weight is 557 g/mol. The van der Waals surface area contributed by atoms with Gasteiger partial charge in [-0.05, 0) is 49.2 Å². The van der Waals surface area contributed by atoms with Crippen LogP contribution in [0.15, 0.2) is 87.5 Å². The summed E-state index contributed by atoms with van der Waals surface area (Å²) in [5.41, 5.74) is 2.37. The molecule has 30 heavy (non-hydrogen) atoms. The van der Waals surface area contributed by atoms with E-state index >= 15 is 0 Å². The summed E-state index contributed by atoms with van der Waals surface area (Å²) in [6.45, 7) is 4.24. The van der Waals surface area contributed by atoms with Gasteiger partial charge in [0.1, 0.15) is 5.75 Å². The van der Waals surface area contributed by atoms with Gasteiger partial charge in [-0.15, -0.1) is 0 Å². The average Bonchev–Trinajstić information content (AvgIpc) is 2.61. The quantitative estimate of drug-likeness (QED) is 0.183. The van der Waals surface area contributed by atoms with Gasteiger partial charge in [-0.2, -0.15) is 0 Å². The zero-order chi connectivity index (χ0) is 22.6. The Morgan fingerprint density at radius 3 is 1.27 bits per heavy atom. The Balaban J connectivity index is 0.000000396. The third-order valence-corrected chi connectivity index (χ3v) is 6.03. The van der Waals surface area contributed by atoms with Crippen molar-refractivity contribution in [2.45, 2.75) is 28.5 Å². The van der Waals surface area contributed by atoms with E-state index in [2.05, 4.69) is 86.6 Å². The third kappa shape index (κ3) is 8.52. The van der Waals surface area contributed by atoms with Crippen LogP contribution in [0.3, 0.4) is 0 Å². The van der Waals surface area contributed by atoms with Crippen LogP contribution in [0.2, 0.25) is 0 Å². The monoisotopic (exact) mass is 556 g/mol. The summed E-state index contributed by atoms with van der Waals surface area (Å²) in [5, 5.41) is 0. The van der Waals surface area contributed by atoms with Crippen LogP contribution in [0.5, 0.6) is 5.75 Å². The third-order valence-electron chi connectivity index (χ3n) is 3.83. The first kappa shape index (κ1) is 24.5. The van der Waals surface area contributed by atoms with Crippen molar-refractivity contribution in [2.24, 2.45) is 0 Å². The van der Waals surface area contributed by atoms with Crippen LogP contribution in [0, 0.1) is 13.8 Å². The van der Waals surface area contributed by atoms with Crippen molar-refractivity contribution in [2.75, 3.05) is 7.11 Å². The van der Waals surface area contributed by atoms with Crippen molar-refractivity contribution in [1.82, 2.24) is 0 Å². The number of methoxy groups -OCH3 is 1. The van der Waals surface area contributed by atoms with Gasteiger partial charge >= 0.3 is 36.4 Å². The molecular weight excluding hydrogens is 536 g/mol. The summed E-state index contributed by atoms with van der Waals surface area (Å²) in [6, 6.07) is 26.0. The van der Waals surface area contributed by atoms with Crippen molar-refractivity contribution < 1.29 is 21.6 Å². The minimum absolute atomic E-state index is 0.101. The van der Waals surface area contributed by atoms with Gasteiger partial charge in [0.25, 0.3) is 0 Å². The second-order valence-corrected chi connectivity index (χ2v) is 14.0. The number of halogens is 6. The molecule has 0 aliphatic rings. The summed E-state index contributed by atoms with van der Waals surface area (Å²) in [4.78, 5) is 4.00. The summed E-state index contributed by atoms with van der Waals surface area (Å²) in [7, 11) is 1.64. The zero-order valence-corrected chi connectivity index (χ0v) is 19.8. The first-order valence-corrected chi connectivity index (χ1v) is 15.7. The molecule has 3 rings (SSSR count). The minimum atomic E-state index is -11.2. The van der Waals surface area contributed by atoms with E-state index in [1.54, 1.807) is 7.11 Å². The molecule has 0 heterocycles. The van der Waals surface area contributed by atoms with Crippen LogP contribution < -0.4 is 4.74 Å². The molecular formula is C21H21F6OSSb. The number of hydrogen-bond donors (Lipinski definition) is 0. The van der Waals surface area contributed by atoms with Gasteiger partial charge in [-0.3, -0.25) is 0 Å². The number of aryl methyl sites for hydroxylation is 2. The van der Waals surface area contributed by atoms with Crippen LogP contribution in [0.1, 0.15) is 11.1 Å². The Hall–Kier alpha value is -1.79. The maximum absolute atomic E-state index is 11.2. The molecule has 0 spiro atoms. The van der Waals surface area contributed by atoms with Gasteiger partial charge in [0.2, 0.25) is 0 Å². The molecule has 0 bridgehead atoms. The fourth-order valence-electron chi connectivity index (χ4n) is 2.87. The second kappa shape index (κ2) is 8.39. The number of benzene rings is 3. The van der Waals surface area contributed by atoms with E-state index in [1.165, 1.54) is 25.8 Å². The molecule has 0 atom stereocenters. The van der Waals surface area contributed by atoms with Crippen LogP contribution in [-0.4, -0.2) is 26.6 Å². The van der Waals surface area contributed by atoms with Gasteiger partial charge in [0.15, 0.2) is 14.7 Å². The maximum atomic E-state index is 9.93. The fraction of sp³-hybridized carbons (Fsp3) is 0.143. The second-order valence-electron chi connectivity index (χ2n) is 6.48. The van der Waals surface area contributed by atoms with Gasteiger partial charge in [0, 0.05) is 12.1 Å². The molecule has 0 fully saturated rings. The predicted molar refractivity (Wildman–Crippen MR) is 110 cm³/mol. The first-order chi connectivity index (χ1) is 13.7.